The fraction of sp³-hybridized carbons (Fsp3) is 0.400. The van der Waals surface area contributed by atoms with Crippen molar-refractivity contribution >= 4 is 40.6 Å². The summed E-state index contributed by atoms with van der Waals surface area (Å²) in [5.74, 6) is 1.24. The molecule has 0 bridgehead atoms. The number of amides is 1. The van der Waals surface area contributed by atoms with Gasteiger partial charge >= 0.3 is 0 Å². The molecule has 31 heavy (non-hydrogen) atoms. The topological polar surface area (TPSA) is 76.4 Å². The zero-order valence-electron chi connectivity index (χ0n) is 17.1. The van der Waals surface area contributed by atoms with Gasteiger partial charge in [0.25, 0.3) is 0 Å². The molecule has 0 aliphatic carbocycles. The summed E-state index contributed by atoms with van der Waals surface area (Å²) in [6.45, 7) is 4.61. The summed E-state index contributed by atoms with van der Waals surface area (Å²) in [7, 11) is 1.64. The van der Waals surface area contributed by atoms with Gasteiger partial charge in [-0.05, 0) is 40.3 Å². The summed E-state index contributed by atoms with van der Waals surface area (Å²) in [5, 5.41) is 12.5. The number of thiophene rings is 1. The van der Waals surface area contributed by atoms with Crippen LogP contribution in [0, 0.1) is 0 Å². The van der Waals surface area contributed by atoms with Crippen molar-refractivity contribution in [3.63, 3.8) is 0 Å². The van der Waals surface area contributed by atoms with E-state index in [0.717, 1.165) is 48.4 Å². The molecule has 11 heteroatoms. The van der Waals surface area contributed by atoms with Gasteiger partial charge < -0.3 is 9.64 Å². The number of piperazine rings is 1. The molecule has 1 aliphatic heterocycles. The van der Waals surface area contributed by atoms with Crippen LogP contribution in [0.2, 0.25) is 4.34 Å². The smallest absolute Gasteiger partial charge is 0.233 e. The standard InChI is InChI=1S/C20H23ClN6O2S2/c1-29-16-4-2-15(3-5-16)12-27-20(22-23-24-27)30-14-19(28)26-10-8-25(9-11-26)13-17-6-7-18(21)31-17/h2-7H,8-14H2,1H3. The highest BCUT2D eigenvalue weighted by molar-refractivity contribution is 7.99. The van der Waals surface area contributed by atoms with Gasteiger partial charge in [-0.15, -0.1) is 16.4 Å². The maximum absolute atomic E-state index is 12.7. The first kappa shape index (κ1) is 22.1. The van der Waals surface area contributed by atoms with E-state index >= 15 is 0 Å². The number of hydrogen-bond acceptors (Lipinski definition) is 8. The third kappa shape index (κ3) is 5.97. The number of tetrazole rings is 1. The Morgan fingerprint density at radius 3 is 2.58 bits per heavy atom. The second kappa shape index (κ2) is 10.4. The summed E-state index contributed by atoms with van der Waals surface area (Å²) >= 11 is 9.00. The molecule has 1 fully saturated rings. The van der Waals surface area contributed by atoms with Gasteiger partial charge in [-0.2, -0.15) is 0 Å². The fourth-order valence-corrected chi connectivity index (χ4v) is 5.24. The number of methoxy groups -OCH3 is 1. The number of halogens is 1. The van der Waals surface area contributed by atoms with Crippen LogP contribution >= 0.6 is 34.7 Å². The Bertz CT molecular complexity index is 1000. The minimum Gasteiger partial charge on any atom is -0.497 e. The van der Waals surface area contributed by atoms with Gasteiger partial charge in [0, 0.05) is 37.6 Å². The number of thioether (sulfide) groups is 1. The van der Waals surface area contributed by atoms with Crippen molar-refractivity contribution < 1.29 is 9.53 Å². The van der Waals surface area contributed by atoms with Gasteiger partial charge in [-0.3, -0.25) is 9.69 Å². The third-order valence-corrected chi connectivity index (χ3v) is 7.21. The van der Waals surface area contributed by atoms with Crippen molar-refractivity contribution in [1.82, 2.24) is 30.0 Å². The molecular formula is C20H23ClN6O2S2. The number of nitrogens with zero attached hydrogens (tertiary/aromatic N) is 6. The summed E-state index contributed by atoms with van der Waals surface area (Å²) in [6, 6.07) is 11.8. The van der Waals surface area contributed by atoms with E-state index in [4.69, 9.17) is 16.3 Å². The lowest BCUT2D eigenvalue weighted by Gasteiger charge is -2.34. The summed E-state index contributed by atoms with van der Waals surface area (Å²) < 4.78 is 7.71. The first-order valence-corrected chi connectivity index (χ1v) is 12.0. The molecular weight excluding hydrogens is 456 g/mol. The van der Waals surface area contributed by atoms with Gasteiger partial charge in [0.05, 0.1) is 23.7 Å². The number of carbonyl (C=O) groups excluding carboxylic acids is 1. The monoisotopic (exact) mass is 478 g/mol. The zero-order valence-corrected chi connectivity index (χ0v) is 19.5. The van der Waals surface area contributed by atoms with Crippen molar-refractivity contribution in [3.8, 4) is 5.75 Å². The Morgan fingerprint density at radius 1 is 1.13 bits per heavy atom. The van der Waals surface area contributed by atoms with E-state index in [2.05, 4.69) is 26.5 Å². The molecule has 0 saturated carbocycles. The van der Waals surface area contributed by atoms with E-state index in [9.17, 15) is 4.79 Å². The molecule has 1 amide bonds. The van der Waals surface area contributed by atoms with E-state index in [1.54, 1.807) is 23.1 Å². The molecule has 4 rings (SSSR count). The average molecular weight is 479 g/mol. The molecule has 0 radical (unpaired) electrons. The van der Waals surface area contributed by atoms with Crippen LogP contribution < -0.4 is 4.74 Å². The Labute approximate surface area is 194 Å². The van der Waals surface area contributed by atoms with E-state index in [1.807, 2.05) is 35.2 Å². The van der Waals surface area contributed by atoms with Crippen LogP contribution in [0.4, 0.5) is 0 Å². The summed E-state index contributed by atoms with van der Waals surface area (Å²) in [4.78, 5) is 18.2. The Morgan fingerprint density at radius 2 is 1.90 bits per heavy atom. The minimum absolute atomic E-state index is 0.114. The average Bonchev–Trinajstić information content (AvgIpc) is 3.41. The van der Waals surface area contributed by atoms with Crippen LogP contribution in [0.1, 0.15) is 10.4 Å². The van der Waals surface area contributed by atoms with Crippen LogP contribution in [0.25, 0.3) is 0 Å². The number of aromatic nitrogens is 4. The van der Waals surface area contributed by atoms with Crippen LogP contribution in [-0.2, 0) is 17.9 Å². The van der Waals surface area contributed by atoms with E-state index in [0.29, 0.717) is 17.5 Å². The predicted molar refractivity (Wildman–Crippen MR) is 122 cm³/mol. The number of benzene rings is 1. The van der Waals surface area contributed by atoms with Gasteiger partial charge in [-0.1, -0.05) is 35.5 Å². The normalized spacial score (nSPS) is 14.7. The van der Waals surface area contributed by atoms with Crippen LogP contribution in [0.5, 0.6) is 5.75 Å². The van der Waals surface area contributed by atoms with Gasteiger partial charge in [0.2, 0.25) is 11.1 Å². The fourth-order valence-electron chi connectivity index (χ4n) is 3.33. The lowest BCUT2D eigenvalue weighted by molar-refractivity contribution is -0.130. The SMILES string of the molecule is COc1ccc(Cn2nnnc2SCC(=O)N2CCN(Cc3ccc(Cl)s3)CC2)cc1. The number of hydrogen-bond donors (Lipinski definition) is 0. The molecule has 3 aromatic rings. The lowest BCUT2D eigenvalue weighted by Crippen LogP contribution is -2.48. The van der Waals surface area contributed by atoms with Gasteiger partial charge in [-0.25, -0.2) is 4.68 Å². The molecule has 164 valence electrons. The molecule has 2 aromatic heterocycles. The highest BCUT2D eigenvalue weighted by atomic mass is 35.5. The largest absolute Gasteiger partial charge is 0.497 e. The third-order valence-electron chi connectivity index (χ3n) is 5.05. The van der Waals surface area contributed by atoms with E-state index in [-0.39, 0.29) is 5.91 Å². The molecule has 1 aromatic carbocycles. The predicted octanol–water partition coefficient (Wildman–Crippen LogP) is 2.88. The molecule has 8 nitrogen and oxygen atoms in total. The highest BCUT2D eigenvalue weighted by Crippen LogP contribution is 2.23. The second-order valence-electron chi connectivity index (χ2n) is 7.12. The number of rotatable bonds is 8. The molecule has 0 unspecified atom stereocenters. The molecule has 1 saturated heterocycles. The first-order valence-electron chi connectivity index (χ1n) is 9.87. The van der Waals surface area contributed by atoms with Gasteiger partial charge in [0.1, 0.15) is 5.75 Å². The lowest BCUT2D eigenvalue weighted by atomic mass is 10.2. The summed E-state index contributed by atoms with van der Waals surface area (Å²) in [6.07, 6.45) is 0. The number of carbonyl (C=O) groups is 1. The second-order valence-corrected chi connectivity index (χ2v) is 9.86. The van der Waals surface area contributed by atoms with Crippen LogP contribution in [0.15, 0.2) is 41.6 Å². The molecule has 3 heterocycles. The Balaban J connectivity index is 1.24. The molecule has 1 aliphatic rings. The minimum atomic E-state index is 0.114. The van der Waals surface area contributed by atoms with Gasteiger partial charge in [0.15, 0.2) is 0 Å². The Kier molecular flexibility index (Phi) is 7.44. The molecule has 0 N–H and O–H groups in total. The molecule has 0 atom stereocenters. The van der Waals surface area contributed by atoms with E-state index < -0.39 is 0 Å². The van der Waals surface area contributed by atoms with Crippen molar-refractivity contribution in [2.24, 2.45) is 0 Å². The Hall–Kier alpha value is -2.14. The van der Waals surface area contributed by atoms with Crippen molar-refractivity contribution in [3.05, 3.63) is 51.2 Å². The highest BCUT2D eigenvalue weighted by Gasteiger charge is 2.22. The maximum atomic E-state index is 12.7. The zero-order chi connectivity index (χ0) is 21.6. The molecule has 0 spiro atoms. The van der Waals surface area contributed by atoms with E-state index in [1.165, 1.54) is 16.6 Å². The first-order chi connectivity index (χ1) is 15.1. The van der Waals surface area contributed by atoms with Crippen LogP contribution in [-0.4, -0.2) is 75.0 Å². The quantitative estimate of drug-likeness (QED) is 0.461. The van der Waals surface area contributed by atoms with Crippen molar-refractivity contribution in [1.29, 1.82) is 0 Å². The summed E-state index contributed by atoms with van der Waals surface area (Å²) in [5.41, 5.74) is 1.06. The maximum Gasteiger partial charge on any atom is 0.233 e. The van der Waals surface area contributed by atoms with Crippen LogP contribution in [0.3, 0.4) is 0 Å². The number of ether oxygens (including phenoxy) is 1. The van der Waals surface area contributed by atoms with Crippen molar-refractivity contribution in [2.75, 3.05) is 39.0 Å². The van der Waals surface area contributed by atoms with Crippen molar-refractivity contribution in [2.45, 2.75) is 18.2 Å².